The number of likely N-dealkylation sites (N-methyl/N-ethyl adjacent to an activating group) is 1. The Kier molecular flexibility index (Phi) is 3.37. The van der Waals surface area contributed by atoms with Gasteiger partial charge < -0.3 is 9.80 Å². The smallest absolute Gasteiger partial charge is 0.244 e. The third-order valence-electron chi connectivity index (χ3n) is 5.79. The van der Waals surface area contributed by atoms with Crippen LogP contribution >= 0.6 is 0 Å². The van der Waals surface area contributed by atoms with E-state index in [0.717, 1.165) is 19.4 Å². The molecule has 4 heteroatoms. The van der Waals surface area contributed by atoms with E-state index in [2.05, 4.69) is 43.1 Å². The second-order valence-corrected chi connectivity index (χ2v) is 7.86. The van der Waals surface area contributed by atoms with Crippen LogP contribution in [0.25, 0.3) is 0 Å². The van der Waals surface area contributed by atoms with Gasteiger partial charge in [-0.25, -0.2) is 0 Å². The fraction of sp³-hybridized carbons (Fsp3) is 0.938. The van der Waals surface area contributed by atoms with Gasteiger partial charge in [0.05, 0.1) is 11.7 Å². The highest BCUT2D eigenvalue weighted by Crippen LogP contribution is 2.45. The van der Waals surface area contributed by atoms with Crippen LogP contribution in [0.2, 0.25) is 0 Å². The van der Waals surface area contributed by atoms with Crippen LogP contribution in [-0.2, 0) is 4.79 Å². The number of nitrogens with one attached hydrogen (secondary N) is 1. The summed E-state index contributed by atoms with van der Waals surface area (Å²) >= 11 is 0. The highest BCUT2D eigenvalue weighted by molar-refractivity contribution is 5.92. The fourth-order valence-corrected chi connectivity index (χ4v) is 3.68. The maximum atomic E-state index is 12.8. The zero-order valence-electron chi connectivity index (χ0n) is 13.4. The molecule has 1 N–H and O–H groups in total. The summed E-state index contributed by atoms with van der Waals surface area (Å²) in [6.45, 7) is 5.28. The average Bonchev–Trinajstić information content (AvgIpc) is 2.86. The van der Waals surface area contributed by atoms with Crippen molar-refractivity contribution in [3.05, 3.63) is 0 Å². The molecule has 3 fully saturated rings. The van der Waals surface area contributed by atoms with Crippen molar-refractivity contribution in [3.63, 3.8) is 0 Å². The van der Waals surface area contributed by atoms with Crippen molar-refractivity contribution >= 4 is 5.91 Å². The quantitative estimate of drug-likeness (QED) is 0.852. The van der Waals surface area contributed by atoms with E-state index in [9.17, 15) is 4.79 Å². The van der Waals surface area contributed by atoms with Gasteiger partial charge in [-0.1, -0.05) is 12.8 Å². The zero-order valence-corrected chi connectivity index (χ0v) is 13.4. The highest BCUT2D eigenvalue weighted by atomic mass is 16.2. The third-order valence-corrected chi connectivity index (χ3v) is 5.79. The van der Waals surface area contributed by atoms with Gasteiger partial charge in [-0.05, 0) is 59.5 Å². The zero-order chi connectivity index (χ0) is 14.5. The van der Waals surface area contributed by atoms with Crippen LogP contribution in [0.3, 0.4) is 0 Å². The molecule has 2 saturated carbocycles. The van der Waals surface area contributed by atoms with E-state index in [0.29, 0.717) is 11.8 Å². The van der Waals surface area contributed by atoms with E-state index < -0.39 is 0 Å². The summed E-state index contributed by atoms with van der Waals surface area (Å²) in [6.07, 6.45) is 7.57. The Morgan fingerprint density at radius 2 is 1.90 bits per heavy atom. The molecule has 3 aliphatic rings. The van der Waals surface area contributed by atoms with E-state index in [-0.39, 0.29) is 17.2 Å². The Bertz CT molecular complexity index is 395. The number of rotatable bonds is 4. The first-order valence-electron chi connectivity index (χ1n) is 8.12. The monoisotopic (exact) mass is 279 g/mol. The third kappa shape index (κ3) is 2.27. The average molecular weight is 279 g/mol. The maximum Gasteiger partial charge on any atom is 0.244 e. The molecule has 2 aliphatic carbocycles. The molecule has 114 valence electrons. The first kappa shape index (κ1) is 14.3. The Labute approximate surface area is 122 Å². The molecule has 1 heterocycles. The van der Waals surface area contributed by atoms with Gasteiger partial charge in [0.2, 0.25) is 5.91 Å². The number of carbonyl (C=O) groups excluding carboxylic acids is 1. The highest BCUT2D eigenvalue weighted by Gasteiger charge is 2.60. The van der Waals surface area contributed by atoms with Crippen LogP contribution < -0.4 is 5.32 Å². The van der Waals surface area contributed by atoms with Gasteiger partial charge in [-0.2, -0.15) is 0 Å². The Hall–Kier alpha value is -0.610. The van der Waals surface area contributed by atoms with Crippen LogP contribution in [0.4, 0.5) is 0 Å². The second-order valence-electron chi connectivity index (χ2n) is 7.86. The number of carbonyl (C=O) groups is 1. The van der Waals surface area contributed by atoms with Crippen LogP contribution in [0.15, 0.2) is 0 Å². The molecule has 4 nitrogen and oxygen atoms in total. The number of hydrogen-bond donors (Lipinski definition) is 1. The maximum absolute atomic E-state index is 12.8. The standard InChI is InChI=1S/C16H29N3O/c1-15(2,18(3)4)11-19-13(12-7-5-6-8-12)17-16(9-10-16)14(19)20/h12-13,17H,5-11H2,1-4H3. The van der Waals surface area contributed by atoms with Crippen molar-refractivity contribution in [2.24, 2.45) is 5.92 Å². The Balaban J connectivity index is 1.79. The van der Waals surface area contributed by atoms with Gasteiger partial charge in [0.15, 0.2) is 0 Å². The topological polar surface area (TPSA) is 35.6 Å². The lowest BCUT2D eigenvalue weighted by Crippen LogP contribution is -2.53. The first-order valence-corrected chi connectivity index (χ1v) is 8.12. The normalized spacial score (nSPS) is 29.9. The van der Waals surface area contributed by atoms with Crippen molar-refractivity contribution in [2.45, 2.75) is 69.6 Å². The van der Waals surface area contributed by atoms with E-state index in [1.165, 1.54) is 25.7 Å². The van der Waals surface area contributed by atoms with E-state index in [1.54, 1.807) is 0 Å². The van der Waals surface area contributed by atoms with E-state index in [4.69, 9.17) is 0 Å². The first-order chi connectivity index (χ1) is 9.36. The molecule has 0 bridgehead atoms. The van der Waals surface area contributed by atoms with Gasteiger partial charge in [0.1, 0.15) is 0 Å². The molecule has 1 saturated heterocycles. The van der Waals surface area contributed by atoms with Gasteiger partial charge in [-0.3, -0.25) is 10.1 Å². The summed E-state index contributed by atoms with van der Waals surface area (Å²) in [5, 5.41) is 3.70. The minimum absolute atomic E-state index is 0.0224. The van der Waals surface area contributed by atoms with Crippen LogP contribution in [0, 0.1) is 5.92 Å². The van der Waals surface area contributed by atoms with Gasteiger partial charge in [0.25, 0.3) is 0 Å². The molecule has 0 aromatic carbocycles. The van der Waals surface area contributed by atoms with Gasteiger partial charge >= 0.3 is 0 Å². The number of nitrogens with zero attached hydrogens (tertiary/aromatic N) is 2. The molecule has 1 aliphatic heterocycles. The Morgan fingerprint density at radius 3 is 2.40 bits per heavy atom. The summed E-state index contributed by atoms with van der Waals surface area (Å²) in [5.74, 6) is 1.03. The molecule has 0 aromatic heterocycles. The van der Waals surface area contributed by atoms with Crippen LogP contribution in [-0.4, -0.2) is 53.6 Å². The molecular formula is C16H29N3O. The molecule has 0 aromatic rings. The van der Waals surface area contributed by atoms with Crippen molar-refractivity contribution in [3.8, 4) is 0 Å². The van der Waals surface area contributed by atoms with Gasteiger partial charge in [0, 0.05) is 12.1 Å². The minimum atomic E-state index is -0.171. The molecule has 3 rings (SSSR count). The summed E-state index contributed by atoms with van der Waals surface area (Å²) in [5.41, 5.74) is -0.149. The molecule has 1 unspecified atom stereocenters. The van der Waals surface area contributed by atoms with Crippen molar-refractivity contribution in [2.75, 3.05) is 20.6 Å². The second kappa shape index (κ2) is 4.70. The molecule has 1 spiro atoms. The summed E-state index contributed by atoms with van der Waals surface area (Å²) in [6, 6.07) is 0. The minimum Gasteiger partial charge on any atom is -0.323 e. The fourth-order valence-electron chi connectivity index (χ4n) is 3.68. The van der Waals surface area contributed by atoms with Crippen LogP contribution in [0.5, 0.6) is 0 Å². The lowest BCUT2D eigenvalue weighted by molar-refractivity contribution is -0.132. The van der Waals surface area contributed by atoms with E-state index >= 15 is 0 Å². The molecular weight excluding hydrogens is 250 g/mol. The predicted molar refractivity (Wildman–Crippen MR) is 80.3 cm³/mol. The summed E-state index contributed by atoms with van der Waals surface area (Å²) in [7, 11) is 4.21. The molecule has 20 heavy (non-hydrogen) atoms. The number of amides is 1. The summed E-state index contributed by atoms with van der Waals surface area (Å²) in [4.78, 5) is 17.2. The largest absolute Gasteiger partial charge is 0.323 e. The van der Waals surface area contributed by atoms with Crippen LogP contribution in [0.1, 0.15) is 52.4 Å². The summed E-state index contributed by atoms with van der Waals surface area (Å²) < 4.78 is 0. The lowest BCUT2D eigenvalue weighted by Gasteiger charge is -2.39. The van der Waals surface area contributed by atoms with Crippen molar-refractivity contribution in [1.29, 1.82) is 0 Å². The molecule has 1 amide bonds. The Morgan fingerprint density at radius 1 is 1.30 bits per heavy atom. The molecule has 1 atom stereocenters. The lowest BCUT2D eigenvalue weighted by atomic mass is 9.99. The predicted octanol–water partition coefficient (Wildman–Crippen LogP) is 1.81. The SMILES string of the molecule is CN(C)C(C)(C)CN1C(=O)C2(CC2)NC1C1CCCC1. The van der Waals surface area contributed by atoms with Gasteiger partial charge in [-0.15, -0.1) is 0 Å². The van der Waals surface area contributed by atoms with Crippen molar-refractivity contribution in [1.82, 2.24) is 15.1 Å². The number of hydrogen-bond acceptors (Lipinski definition) is 3. The van der Waals surface area contributed by atoms with E-state index in [1.807, 2.05) is 0 Å². The van der Waals surface area contributed by atoms with Crippen molar-refractivity contribution < 1.29 is 4.79 Å². The molecule has 0 radical (unpaired) electrons.